The van der Waals surface area contributed by atoms with Crippen LogP contribution >= 0.6 is 11.8 Å². The minimum atomic E-state index is -1.03. The maximum absolute atomic E-state index is 11.7. The van der Waals surface area contributed by atoms with E-state index in [0.29, 0.717) is 30.6 Å². The summed E-state index contributed by atoms with van der Waals surface area (Å²) in [4.78, 5) is 4.58. The molecule has 0 saturated carbocycles. The van der Waals surface area contributed by atoms with Gasteiger partial charge in [-0.2, -0.15) is 0 Å². The predicted octanol–water partition coefficient (Wildman–Crippen LogP) is 6.39. The van der Waals surface area contributed by atoms with Gasteiger partial charge in [-0.15, -0.1) is 0 Å². The maximum Gasteiger partial charge on any atom is 0.259 e. The topological polar surface area (TPSA) is 83.2 Å². The fourth-order valence-corrected chi connectivity index (χ4v) is 5.90. The first kappa shape index (κ1) is 28.6. The molecule has 1 aliphatic rings. The molecule has 1 aromatic heterocycles. The molecule has 7 nitrogen and oxygen atoms in total. The smallest absolute Gasteiger partial charge is 0.259 e. The van der Waals surface area contributed by atoms with Crippen molar-refractivity contribution in [2.24, 2.45) is 0 Å². The second kappa shape index (κ2) is 14.1. The Morgan fingerprint density at radius 3 is 1.83 bits per heavy atom. The summed E-state index contributed by atoms with van der Waals surface area (Å²) in [7, 11) is 0. The Hall–Kier alpha value is -3.50. The number of benzene rings is 4. The van der Waals surface area contributed by atoms with E-state index in [4.69, 9.17) is 23.4 Å². The van der Waals surface area contributed by atoms with Gasteiger partial charge in [0, 0.05) is 0 Å². The van der Waals surface area contributed by atoms with Gasteiger partial charge in [0.15, 0.2) is 5.58 Å². The van der Waals surface area contributed by atoms with Gasteiger partial charge in [0.1, 0.15) is 35.4 Å². The molecule has 1 fully saturated rings. The molecule has 2 heterocycles. The molecule has 0 spiro atoms. The van der Waals surface area contributed by atoms with E-state index in [2.05, 4.69) is 4.98 Å². The fourth-order valence-electron chi connectivity index (χ4n) is 4.92. The predicted molar refractivity (Wildman–Crippen MR) is 161 cm³/mol. The fraction of sp³-hybridized carbons (Fsp3) is 0.265. The minimum absolute atomic E-state index is 0.247. The van der Waals surface area contributed by atoms with E-state index in [9.17, 15) is 5.11 Å². The van der Waals surface area contributed by atoms with Crippen molar-refractivity contribution in [2.75, 3.05) is 6.61 Å². The molecular formula is C34H33NO6S. The highest BCUT2D eigenvalue weighted by Crippen LogP contribution is 2.37. The first-order valence-electron chi connectivity index (χ1n) is 14.0. The average Bonchev–Trinajstić information content (AvgIpc) is 3.45. The largest absolute Gasteiger partial charge is 0.431 e. The molecule has 5 atom stereocenters. The van der Waals surface area contributed by atoms with Gasteiger partial charge in [-0.05, 0) is 40.6 Å². The van der Waals surface area contributed by atoms with Gasteiger partial charge in [-0.25, -0.2) is 4.98 Å². The van der Waals surface area contributed by atoms with Crippen LogP contribution in [0.15, 0.2) is 125 Å². The van der Waals surface area contributed by atoms with Crippen molar-refractivity contribution in [3.05, 3.63) is 132 Å². The molecule has 0 aliphatic carbocycles. The van der Waals surface area contributed by atoms with Crippen LogP contribution in [-0.4, -0.2) is 46.5 Å². The van der Waals surface area contributed by atoms with Gasteiger partial charge in [0.2, 0.25) is 0 Å². The number of thioether (sulfide) groups is 1. The van der Waals surface area contributed by atoms with Gasteiger partial charge in [-0.3, -0.25) is 0 Å². The van der Waals surface area contributed by atoms with Crippen LogP contribution in [0.5, 0.6) is 0 Å². The molecule has 0 amide bonds. The summed E-state index contributed by atoms with van der Waals surface area (Å²) in [6, 6.07) is 37.4. The number of fused-ring (bicyclic) bond motifs is 1. The molecule has 0 unspecified atom stereocenters. The van der Waals surface area contributed by atoms with Gasteiger partial charge in [0.25, 0.3) is 5.22 Å². The molecule has 42 heavy (non-hydrogen) atoms. The van der Waals surface area contributed by atoms with Crippen molar-refractivity contribution >= 4 is 22.9 Å². The van der Waals surface area contributed by atoms with Crippen LogP contribution in [0.1, 0.15) is 16.7 Å². The Morgan fingerprint density at radius 1 is 0.667 bits per heavy atom. The van der Waals surface area contributed by atoms with Crippen molar-refractivity contribution in [1.29, 1.82) is 0 Å². The summed E-state index contributed by atoms with van der Waals surface area (Å²) < 4.78 is 31.5. The van der Waals surface area contributed by atoms with Crippen LogP contribution in [0.3, 0.4) is 0 Å². The molecule has 0 radical (unpaired) electrons. The highest BCUT2D eigenvalue weighted by Gasteiger charge is 2.48. The number of rotatable bonds is 12. The van der Waals surface area contributed by atoms with Crippen molar-refractivity contribution in [3.63, 3.8) is 0 Å². The zero-order chi connectivity index (χ0) is 28.6. The number of hydrogen-bond acceptors (Lipinski definition) is 8. The van der Waals surface area contributed by atoms with E-state index in [1.165, 1.54) is 11.8 Å². The molecule has 4 aromatic carbocycles. The molecular weight excluding hydrogens is 550 g/mol. The van der Waals surface area contributed by atoms with E-state index in [1.807, 2.05) is 115 Å². The average molecular weight is 584 g/mol. The first-order valence-corrected chi connectivity index (χ1v) is 14.9. The molecule has 1 aliphatic heterocycles. The molecule has 0 bridgehead atoms. The number of nitrogens with zero attached hydrogens (tertiary/aromatic N) is 1. The third-order valence-electron chi connectivity index (χ3n) is 7.07. The van der Waals surface area contributed by atoms with Crippen molar-refractivity contribution in [3.8, 4) is 0 Å². The second-order valence-corrected chi connectivity index (χ2v) is 11.2. The van der Waals surface area contributed by atoms with Gasteiger partial charge < -0.3 is 28.5 Å². The summed E-state index contributed by atoms with van der Waals surface area (Å²) in [5.74, 6) is 0. The Morgan fingerprint density at radius 2 is 1.21 bits per heavy atom. The van der Waals surface area contributed by atoms with Gasteiger partial charge in [0.05, 0.1) is 26.4 Å². The summed E-state index contributed by atoms with van der Waals surface area (Å²) in [6.45, 7) is 1.32. The summed E-state index contributed by atoms with van der Waals surface area (Å²) in [5.41, 5.74) is 3.77. The van der Waals surface area contributed by atoms with Gasteiger partial charge >= 0.3 is 0 Å². The number of aliphatic hydroxyl groups is 1. The maximum atomic E-state index is 11.7. The number of hydrogen-bond donors (Lipinski definition) is 1. The van der Waals surface area contributed by atoms with Crippen LogP contribution in [0.2, 0.25) is 0 Å². The third-order valence-corrected chi connectivity index (χ3v) is 8.07. The Labute approximate surface area is 249 Å². The molecule has 1 saturated heterocycles. The number of ether oxygens (including phenoxy) is 4. The van der Waals surface area contributed by atoms with Crippen LogP contribution in [-0.2, 0) is 38.8 Å². The SMILES string of the molecule is O[C@H]1[C@@H](OCc2ccccc2)[C@H](OCc2ccccc2)[C@@H](COCc2ccccc2)O[C@@H]1Sc1nc2ccccc2o1. The third kappa shape index (κ3) is 7.28. The van der Waals surface area contributed by atoms with E-state index >= 15 is 0 Å². The highest BCUT2D eigenvalue weighted by molar-refractivity contribution is 7.99. The normalized spacial score (nSPS) is 22.4. The lowest BCUT2D eigenvalue weighted by Crippen LogP contribution is -2.59. The van der Waals surface area contributed by atoms with Crippen LogP contribution in [0, 0.1) is 0 Å². The minimum Gasteiger partial charge on any atom is -0.431 e. The first-order chi connectivity index (χ1) is 20.7. The van der Waals surface area contributed by atoms with E-state index in [0.717, 1.165) is 22.2 Å². The molecule has 216 valence electrons. The number of para-hydroxylation sites is 2. The van der Waals surface area contributed by atoms with Crippen molar-refractivity contribution in [2.45, 2.75) is 54.9 Å². The molecule has 1 N–H and O–H groups in total. The Bertz CT molecular complexity index is 1480. The highest BCUT2D eigenvalue weighted by atomic mass is 32.2. The van der Waals surface area contributed by atoms with Crippen LogP contribution in [0.25, 0.3) is 11.1 Å². The van der Waals surface area contributed by atoms with Crippen molar-refractivity contribution < 1.29 is 28.5 Å². The molecule has 5 aromatic rings. The van der Waals surface area contributed by atoms with E-state index < -0.39 is 29.9 Å². The van der Waals surface area contributed by atoms with E-state index in [1.54, 1.807) is 0 Å². The summed E-state index contributed by atoms with van der Waals surface area (Å²) >= 11 is 1.23. The standard InChI is InChI=1S/C34H33NO6S/c36-30-32(39-22-26-16-8-3-9-17-26)31(38-21-25-14-6-2-7-15-25)29(23-37-20-24-12-4-1-5-13-24)40-33(30)42-34-35-27-18-10-11-19-28(27)41-34/h1-19,29-33,36H,20-23H2/t29-,30+,31-,32-,33-/m1/s1. The Kier molecular flexibility index (Phi) is 9.61. The molecule has 8 heteroatoms. The van der Waals surface area contributed by atoms with E-state index in [-0.39, 0.29) is 6.61 Å². The quantitative estimate of drug-likeness (QED) is 0.181. The van der Waals surface area contributed by atoms with Crippen LogP contribution < -0.4 is 0 Å². The number of oxazole rings is 1. The summed E-state index contributed by atoms with van der Waals surface area (Å²) in [5, 5.41) is 12.1. The summed E-state index contributed by atoms with van der Waals surface area (Å²) in [6.07, 6.45) is -2.85. The second-order valence-electron chi connectivity index (χ2n) is 10.1. The van der Waals surface area contributed by atoms with Gasteiger partial charge in [-0.1, -0.05) is 103 Å². The zero-order valence-electron chi connectivity index (χ0n) is 23.0. The Balaban J connectivity index is 1.25. The number of aromatic nitrogens is 1. The van der Waals surface area contributed by atoms with Crippen molar-refractivity contribution in [1.82, 2.24) is 4.98 Å². The lowest BCUT2D eigenvalue weighted by Gasteiger charge is -2.44. The zero-order valence-corrected chi connectivity index (χ0v) is 23.8. The monoisotopic (exact) mass is 583 g/mol. The molecule has 6 rings (SSSR count). The number of aliphatic hydroxyl groups excluding tert-OH is 1. The lowest BCUT2D eigenvalue weighted by molar-refractivity contribution is -0.243. The lowest BCUT2D eigenvalue weighted by atomic mass is 9.99. The van der Waals surface area contributed by atoms with Crippen LogP contribution in [0.4, 0.5) is 0 Å².